The van der Waals surface area contributed by atoms with Gasteiger partial charge in [-0.15, -0.1) is 10.2 Å². The van der Waals surface area contributed by atoms with Gasteiger partial charge in [0.15, 0.2) is 5.82 Å². The van der Waals surface area contributed by atoms with Crippen LogP contribution in [0, 0.1) is 13.8 Å². The van der Waals surface area contributed by atoms with Gasteiger partial charge in [0.05, 0.1) is 23.8 Å². The number of hydrogen-bond donors (Lipinski definition) is 2. The number of carbonyl (C=O) groups is 2. The number of aryl methyl sites for hydroxylation is 2. The first-order valence-electron chi connectivity index (χ1n) is 10.5. The van der Waals surface area contributed by atoms with Crippen LogP contribution in [0.25, 0.3) is 0 Å². The highest BCUT2D eigenvalue weighted by Gasteiger charge is 2.34. The highest BCUT2D eigenvalue weighted by atomic mass is 35.5. The van der Waals surface area contributed by atoms with Gasteiger partial charge >= 0.3 is 6.03 Å². The molecule has 8 nitrogen and oxygen atoms in total. The third-order valence-electron chi connectivity index (χ3n) is 5.71. The van der Waals surface area contributed by atoms with E-state index in [1.54, 1.807) is 17.0 Å². The van der Waals surface area contributed by atoms with Gasteiger partial charge in [0.2, 0.25) is 0 Å². The minimum Gasteiger partial charge on any atom is -0.366 e. The molecule has 1 aromatic heterocycles. The van der Waals surface area contributed by atoms with Gasteiger partial charge in [0.25, 0.3) is 5.91 Å². The predicted octanol–water partition coefficient (Wildman–Crippen LogP) is 4.06. The van der Waals surface area contributed by atoms with Crippen molar-refractivity contribution in [2.75, 3.05) is 11.9 Å². The Morgan fingerprint density at radius 2 is 1.91 bits per heavy atom. The van der Waals surface area contributed by atoms with Gasteiger partial charge in [-0.3, -0.25) is 4.79 Å². The number of hydrogen-bond acceptors (Lipinski definition) is 4. The second-order valence-corrected chi connectivity index (χ2v) is 8.45. The summed E-state index contributed by atoms with van der Waals surface area (Å²) in [4.78, 5) is 26.7. The number of nitrogens with zero attached hydrogens (tertiary/aromatic N) is 4. The third-order valence-corrected chi connectivity index (χ3v) is 5.96. The second-order valence-electron chi connectivity index (χ2n) is 8.01. The first-order valence-corrected chi connectivity index (χ1v) is 10.8. The van der Waals surface area contributed by atoms with Crippen molar-refractivity contribution >= 4 is 29.2 Å². The first kappa shape index (κ1) is 21.8. The summed E-state index contributed by atoms with van der Waals surface area (Å²) < 4.78 is 2.03. The van der Waals surface area contributed by atoms with Crippen LogP contribution in [0.5, 0.6) is 0 Å². The van der Waals surface area contributed by atoms with Crippen molar-refractivity contribution in [3.8, 4) is 0 Å². The molecule has 0 saturated carbocycles. The molecule has 1 saturated heterocycles. The van der Waals surface area contributed by atoms with Crippen LogP contribution >= 0.6 is 11.6 Å². The zero-order valence-corrected chi connectivity index (χ0v) is 18.8. The molecule has 2 heterocycles. The van der Waals surface area contributed by atoms with E-state index in [2.05, 4.69) is 15.5 Å². The number of aromatic nitrogens is 3. The smallest absolute Gasteiger partial charge is 0.322 e. The van der Waals surface area contributed by atoms with E-state index in [1.807, 2.05) is 48.7 Å². The molecule has 3 amide bonds. The molecule has 0 unspecified atom stereocenters. The summed E-state index contributed by atoms with van der Waals surface area (Å²) in [5.74, 6) is 0.932. The summed E-state index contributed by atoms with van der Waals surface area (Å²) in [6, 6.07) is 12.3. The largest absolute Gasteiger partial charge is 0.366 e. The molecule has 1 aliphatic heterocycles. The molecule has 0 bridgehead atoms. The van der Waals surface area contributed by atoms with Crippen LogP contribution in [0.4, 0.5) is 10.5 Å². The topological polar surface area (TPSA) is 106 Å². The van der Waals surface area contributed by atoms with Crippen LogP contribution in [-0.4, -0.2) is 38.1 Å². The lowest BCUT2D eigenvalue weighted by molar-refractivity contribution is 0.100. The highest BCUT2D eigenvalue weighted by molar-refractivity contribution is 6.30. The van der Waals surface area contributed by atoms with Crippen LogP contribution in [-0.2, 0) is 6.54 Å². The number of anilines is 1. The summed E-state index contributed by atoms with van der Waals surface area (Å²) in [5.41, 5.74) is 8.15. The molecule has 166 valence electrons. The zero-order chi connectivity index (χ0) is 22.8. The van der Waals surface area contributed by atoms with Crippen molar-refractivity contribution in [1.29, 1.82) is 0 Å². The lowest BCUT2D eigenvalue weighted by atomic mass is 10.1. The average Bonchev–Trinajstić information content (AvgIpc) is 3.38. The number of amides is 3. The minimum absolute atomic E-state index is 0.217. The van der Waals surface area contributed by atoms with Crippen molar-refractivity contribution in [2.45, 2.75) is 39.3 Å². The normalized spacial score (nSPS) is 15.7. The van der Waals surface area contributed by atoms with Crippen LogP contribution in [0.3, 0.4) is 0 Å². The van der Waals surface area contributed by atoms with Crippen LogP contribution in [0.15, 0.2) is 42.5 Å². The van der Waals surface area contributed by atoms with E-state index in [1.165, 1.54) is 0 Å². The Kier molecular flexibility index (Phi) is 6.14. The van der Waals surface area contributed by atoms with E-state index in [-0.39, 0.29) is 17.6 Å². The average molecular weight is 453 g/mol. The number of halogens is 1. The number of primary amides is 1. The lowest BCUT2D eigenvalue weighted by Crippen LogP contribution is -2.36. The van der Waals surface area contributed by atoms with Gasteiger partial charge in [-0.05, 0) is 56.5 Å². The van der Waals surface area contributed by atoms with Gasteiger partial charge in [0, 0.05) is 11.6 Å². The SMILES string of the molecule is Cc1ccc(NC(=O)N2CCC[C@@H]2c2nnc(C)n2Cc2ccc(Cl)cc2)c(C(N)=O)c1. The van der Waals surface area contributed by atoms with Gasteiger partial charge in [0.1, 0.15) is 5.82 Å². The van der Waals surface area contributed by atoms with Gasteiger partial charge < -0.3 is 20.5 Å². The number of nitrogens with two attached hydrogens (primary N) is 1. The van der Waals surface area contributed by atoms with E-state index >= 15 is 0 Å². The molecular weight excluding hydrogens is 428 g/mol. The van der Waals surface area contributed by atoms with Gasteiger partial charge in [-0.25, -0.2) is 4.79 Å². The van der Waals surface area contributed by atoms with Crippen LogP contribution in [0.2, 0.25) is 5.02 Å². The minimum atomic E-state index is -0.583. The molecule has 1 atom stereocenters. The zero-order valence-electron chi connectivity index (χ0n) is 18.0. The third kappa shape index (κ3) is 4.45. The first-order chi connectivity index (χ1) is 15.3. The van der Waals surface area contributed by atoms with E-state index in [0.29, 0.717) is 23.8 Å². The van der Waals surface area contributed by atoms with E-state index in [0.717, 1.165) is 35.6 Å². The van der Waals surface area contributed by atoms with Crippen molar-refractivity contribution in [2.24, 2.45) is 5.73 Å². The summed E-state index contributed by atoms with van der Waals surface area (Å²) in [6.07, 6.45) is 1.63. The Morgan fingerprint density at radius 1 is 1.16 bits per heavy atom. The fraction of sp³-hybridized carbons (Fsp3) is 0.304. The number of urea groups is 1. The Hall–Kier alpha value is -3.39. The van der Waals surface area contributed by atoms with Crippen molar-refractivity contribution in [3.63, 3.8) is 0 Å². The fourth-order valence-corrected chi connectivity index (χ4v) is 4.17. The van der Waals surface area contributed by atoms with Crippen LogP contribution in [0.1, 0.15) is 52.0 Å². The standard InChI is InChI=1S/C23H25ClN6O2/c1-14-5-10-19(18(12-14)21(25)31)26-23(32)29-11-3-4-20(29)22-28-27-15(2)30(22)13-16-6-8-17(24)9-7-16/h5-10,12,20H,3-4,11,13H2,1-2H3,(H2,25,31)(H,26,32)/t20-/m1/s1. The monoisotopic (exact) mass is 452 g/mol. The van der Waals surface area contributed by atoms with Crippen LogP contribution < -0.4 is 11.1 Å². The van der Waals surface area contributed by atoms with E-state index in [9.17, 15) is 9.59 Å². The van der Waals surface area contributed by atoms with Gasteiger partial charge in [-0.1, -0.05) is 35.4 Å². The number of nitrogens with one attached hydrogen (secondary N) is 1. The summed E-state index contributed by atoms with van der Waals surface area (Å²) in [6.45, 7) is 4.93. The summed E-state index contributed by atoms with van der Waals surface area (Å²) in [7, 11) is 0. The molecule has 0 radical (unpaired) electrons. The van der Waals surface area contributed by atoms with E-state index in [4.69, 9.17) is 17.3 Å². The maximum Gasteiger partial charge on any atom is 0.322 e. The second kappa shape index (κ2) is 9.00. The Morgan fingerprint density at radius 3 is 2.62 bits per heavy atom. The molecule has 32 heavy (non-hydrogen) atoms. The van der Waals surface area contributed by atoms with Crippen molar-refractivity contribution in [1.82, 2.24) is 19.7 Å². The quantitative estimate of drug-likeness (QED) is 0.608. The predicted molar refractivity (Wildman–Crippen MR) is 123 cm³/mol. The highest BCUT2D eigenvalue weighted by Crippen LogP contribution is 2.32. The number of rotatable bonds is 5. The fourth-order valence-electron chi connectivity index (χ4n) is 4.05. The van der Waals surface area contributed by atoms with Gasteiger partial charge in [-0.2, -0.15) is 0 Å². The Balaban J connectivity index is 1.58. The van der Waals surface area contributed by atoms with Crippen molar-refractivity contribution in [3.05, 3.63) is 75.8 Å². The van der Waals surface area contributed by atoms with E-state index < -0.39 is 5.91 Å². The molecule has 9 heteroatoms. The van der Waals surface area contributed by atoms with Crippen molar-refractivity contribution < 1.29 is 9.59 Å². The molecule has 1 aliphatic rings. The lowest BCUT2D eigenvalue weighted by Gasteiger charge is -2.25. The molecule has 3 N–H and O–H groups in total. The Labute approximate surface area is 191 Å². The maximum absolute atomic E-state index is 13.2. The molecule has 0 aliphatic carbocycles. The molecule has 1 fully saturated rings. The molecular formula is C23H25ClN6O2. The number of likely N-dealkylation sites (tertiary alicyclic amines) is 1. The summed E-state index contributed by atoms with van der Waals surface area (Å²) in [5, 5.41) is 12.2. The summed E-state index contributed by atoms with van der Waals surface area (Å²) >= 11 is 6.01. The molecule has 0 spiro atoms. The molecule has 4 rings (SSSR count). The number of carbonyl (C=O) groups excluding carboxylic acids is 2. The molecule has 3 aromatic rings. The molecule has 2 aromatic carbocycles. The Bertz CT molecular complexity index is 1160. The maximum atomic E-state index is 13.2. The number of benzene rings is 2.